The standard InChI is InChI=1S/C19H23ClN2O4S2/c1-2-10-28(25,26)22-9-8-16-6-7-19(12-17(16)13-22)21-27(23,24)14-15-4-3-5-18(20)11-15/h3-7,11-12,21H,2,8-10,13-14H2,1H3. The number of rotatable bonds is 7. The average molecular weight is 443 g/mol. The Morgan fingerprint density at radius 1 is 1.07 bits per heavy atom. The second-order valence-electron chi connectivity index (χ2n) is 6.87. The summed E-state index contributed by atoms with van der Waals surface area (Å²) < 4.78 is 53.7. The summed E-state index contributed by atoms with van der Waals surface area (Å²) in [5.74, 6) is -0.0735. The largest absolute Gasteiger partial charge is 0.283 e. The molecule has 28 heavy (non-hydrogen) atoms. The van der Waals surface area contributed by atoms with Gasteiger partial charge >= 0.3 is 0 Å². The Bertz CT molecular complexity index is 1070. The van der Waals surface area contributed by atoms with E-state index in [4.69, 9.17) is 11.6 Å². The quantitative estimate of drug-likeness (QED) is 0.712. The van der Waals surface area contributed by atoms with E-state index in [1.54, 1.807) is 36.4 Å². The molecule has 152 valence electrons. The summed E-state index contributed by atoms with van der Waals surface area (Å²) in [6.45, 7) is 2.55. The number of nitrogens with zero attached hydrogens (tertiary/aromatic N) is 1. The third kappa shape index (κ3) is 5.26. The molecule has 0 amide bonds. The fourth-order valence-corrected chi connectivity index (χ4v) is 6.15. The Kier molecular flexibility index (Phi) is 6.34. The molecule has 1 N–H and O–H groups in total. The summed E-state index contributed by atoms with van der Waals surface area (Å²) in [6.07, 6.45) is 1.18. The fourth-order valence-electron chi connectivity index (χ4n) is 3.28. The molecule has 2 aromatic carbocycles. The van der Waals surface area contributed by atoms with Crippen LogP contribution in [0.1, 0.15) is 30.0 Å². The van der Waals surface area contributed by atoms with Gasteiger partial charge in [-0.2, -0.15) is 4.31 Å². The van der Waals surface area contributed by atoms with Crippen molar-refractivity contribution in [2.45, 2.75) is 32.1 Å². The first-order valence-electron chi connectivity index (χ1n) is 9.03. The lowest BCUT2D eigenvalue weighted by atomic mass is 10.0. The number of hydrogen-bond donors (Lipinski definition) is 1. The lowest BCUT2D eigenvalue weighted by Gasteiger charge is -2.28. The zero-order chi connectivity index (χ0) is 20.4. The zero-order valence-corrected chi connectivity index (χ0v) is 17.9. The van der Waals surface area contributed by atoms with Gasteiger partial charge in [0.2, 0.25) is 20.0 Å². The molecule has 9 heteroatoms. The molecule has 6 nitrogen and oxygen atoms in total. The van der Waals surface area contributed by atoms with Gasteiger partial charge in [-0.15, -0.1) is 0 Å². The number of fused-ring (bicyclic) bond motifs is 1. The summed E-state index contributed by atoms with van der Waals surface area (Å²) >= 11 is 5.92. The van der Waals surface area contributed by atoms with Crippen molar-refractivity contribution in [1.82, 2.24) is 4.31 Å². The molecular formula is C19H23ClN2O4S2. The first-order valence-corrected chi connectivity index (χ1v) is 12.7. The van der Waals surface area contributed by atoms with Crippen LogP contribution in [0.25, 0.3) is 0 Å². The Hall–Kier alpha value is -1.61. The van der Waals surface area contributed by atoms with Crippen molar-refractivity contribution in [3.05, 3.63) is 64.2 Å². The number of sulfonamides is 2. The minimum atomic E-state index is -3.62. The summed E-state index contributed by atoms with van der Waals surface area (Å²) in [6, 6.07) is 12.0. The second-order valence-corrected chi connectivity index (χ2v) is 11.1. The van der Waals surface area contributed by atoms with Gasteiger partial charge in [0, 0.05) is 23.8 Å². The van der Waals surface area contributed by atoms with Crippen LogP contribution in [0.4, 0.5) is 5.69 Å². The minimum Gasteiger partial charge on any atom is -0.283 e. The topological polar surface area (TPSA) is 83.6 Å². The summed E-state index contributed by atoms with van der Waals surface area (Å²) in [7, 11) is -6.91. The van der Waals surface area contributed by atoms with E-state index >= 15 is 0 Å². The van der Waals surface area contributed by atoms with E-state index in [2.05, 4.69) is 4.72 Å². The van der Waals surface area contributed by atoms with Crippen molar-refractivity contribution < 1.29 is 16.8 Å². The van der Waals surface area contributed by atoms with E-state index < -0.39 is 20.0 Å². The molecule has 0 bridgehead atoms. The Labute approximate surface area is 171 Å². The van der Waals surface area contributed by atoms with E-state index in [1.807, 2.05) is 13.0 Å². The molecule has 0 aliphatic carbocycles. The van der Waals surface area contributed by atoms with Crippen LogP contribution in [0.2, 0.25) is 5.02 Å². The second kappa shape index (κ2) is 8.41. The Balaban J connectivity index is 1.76. The van der Waals surface area contributed by atoms with Crippen molar-refractivity contribution >= 4 is 37.3 Å². The van der Waals surface area contributed by atoms with Crippen molar-refractivity contribution in [3.63, 3.8) is 0 Å². The average Bonchev–Trinajstić information content (AvgIpc) is 2.60. The normalized spacial score (nSPS) is 15.2. The van der Waals surface area contributed by atoms with Crippen molar-refractivity contribution in [3.8, 4) is 0 Å². The predicted molar refractivity (Wildman–Crippen MR) is 112 cm³/mol. The van der Waals surface area contributed by atoms with Gasteiger partial charge in [0.15, 0.2) is 0 Å². The van der Waals surface area contributed by atoms with Gasteiger partial charge in [-0.05, 0) is 53.8 Å². The maximum atomic E-state index is 12.5. The molecule has 0 radical (unpaired) electrons. The third-order valence-corrected chi connectivity index (χ3v) is 8.08. The van der Waals surface area contributed by atoms with Gasteiger partial charge in [-0.25, -0.2) is 16.8 Å². The van der Waals surface area contributed by atoms with Crippen LogP contribution in [0.3, 0.4) is 0 Å². The molecule has 1 aliphatic heterocycles. The molecule has 1 aliphatic rings. The van der Waals surface area contributed by atoms with Crippen molar-refractivity contribution in [1.29, 1.82) is 0 Å². The Morgan fingerprint density at radius 3 is 2.57 bits per heavy atom. The maximum Gasteiger partial charge on any atom is 0.236 e. The molecule has 0 atom stereocenters. The molecule has 0 fully saturated rings. The lowest BCUT2D eigenvalue weighted by molar-refractivity contribution is 0.391. The van der Waals surface area contributed by atoms with Crippen LogP contribution >= 0.6 is 11.6 Å². The smallest absolute Gasteiger partial charge is 0.236 e. The van der Waals surface area contributed by atoms with Crippen LogP contribution < -0.4 is 4.72 Å². The van der Waals surface area contributed by atoms with E-state index in [9.17, 15) is 16.8 Å². The van der Waals surface area contributed by atoms with Crippen LogP contribution in [-0.4, -0.2) is 33.4 Å². The van der Waals surface area contributed by atoms with Gasteiger partial charge in [0.25, 0.3) is 0 Å². The van der Waals surface area contributed by atoms with Gasteiger partial charge in [0.1, 0.15) is 0 Å². The summed E-state index contributed by atoms with van der Waals surface area (Å²) in [5, 5.41) is 0.481. The van der Waals surface area contributed by atoms with Gasteiger partial charge < -0.3 is 0 Å². The predicted octanol–water partition coefficient (Wildman–Crippen LogP) is 3.38. The third-order valence-electron chi connectivity index (χ3n) is 4.56. The molecule has 0 aromatic heterocycles. The fraction of sp³-hybridized carbons (Fsp3) is 0.368. The highest BCUT2D eigenvalue weighted by Crippen LogP contribution is 2.25. The number of halogens is 1. The number of benzene rings is 2. The molecular weight excluding hydrogens is 420 g/mol. The highest BCUT2D eigenvalue weighted by atomic mass is 35.5. The van der Waals surface area contributed by atoms with Crippen LogP contribution in [0, 0.1) is 0 Å². The summed E-state index contributed by atoms with van der Waals surface area (Å²) in [5.41, 5.74) is 2.89. The van der Waals surface area contributed by atoms with Gasteiger partial charge in [-0.3, -0.25) is 4.72 Å². The zero-order valence-electron chi connectivity index (χ0n) is 15.6. The molecule has 0 spiro atoms. The SMILES string of the molecule is CCCS(=O)(=O)N1CCc2ccc(NS(=O)(=O)Cc3cccc(Cl)c3)cc2C1. The first kappa shape index (κ1) is 21.1. The van der Waals surface area contributed by atoms with Crippen molar-refractivity contribution in [2.75, 3.05) is 17.0 Å². The lowest BCUT2D eigenvalue weighted by Crippen LogP contribution is -2.37. The number of anilines is 1. The van der Waals surface area contributed by atoms with E-state index in [-0.39, 0.29) is 18.1 Å². The van der Waals surface area contributed by atoms with Crippen LogP contribution in [0.5, 0.6) is 0 Å². The Morgan fingerprint density at radius 2 is 1.86 bits per heavy atom. The number of hydrogen-bond acceptors (Lipinski definition) is 4. The molecule has 2 aromatic rings. The molecule has 0 unspecified atom stereocenters. The number of nitrogens with one attached hydrogen (secondary N) is 1. The summed E-state index contributed by atoms with van der Waals surface area (Å²) in [4.78, 5) is 0. The van der Waals surface area contributed by atoms with Crippen molar-refractivity contribution in [2.24, 2.45) is 0 Å². The maximum absolute atomic E-state index is 12.5. The molecule has 0 saturated heterocycles. The molecule has 1 heterocycles. The minimum absolute atomic E-state index is 0.119. The van der Waals surface area contributed by atoms with Crippen LogP contribution in [0.15, 0.2) is 42.5 Å². The van der Waals surface area contributed by atoms with E-state index in [0.29, 0.717) is 35.7 Å². The van der Waals surface area contributed by atoms with Gasteiger partial charge in [-0.1, -0.05) is 36.7 Å². The van der Waals surface area contributed by atoms with E-state index in [1.165, 1.54) is 4.31 Å². The first-order chi connectivity index (χ1) is 13.2. The molecule has 0 saturated carbocycles. The van der Waals surface area contributed by atoms with Gasteiger partial charge in [0.05, 0.1) is 11.5 Å². The molecule has 3 rings (SSSR count). The monoisotopic (exact) mass is 442 g/mol. The highest BCUT2D eigenvalue weighted by Gasteiger charge is 2.26. The highest BCUT2D eigenvalue weighted by molar-refractivity contribution is 7.91. The van der Waals surface area contributed by atoms with Crippen LogP contribution in [-0.2, 0) is 38.8 Å². The van der Waals surface area contributed by atoms with E-state index in [0.717, 1.165) is 11.1 Å².